The lowest BCUT2D eigenvalue weighted by atomic mass is 9.85. The summed E-state index contributed by atoms with van der Waals surface area (Å²) in [5.74, 6) is 1.81. The summed E-state index contributed by atoms with van der Waals surface area (Å²) >= 11 is 3.63. The molecule has 158 valence electrons. The number of ether oxygens (including phenoxy) is 2. The molecule has 2 aromatic carbocycles. The van der Waals surface area contributed by atoms with Gasteiger partial charge in [0.25, 0.3) is 0 Å². The molecule has 1 unspecified atom stereocenters. The van der Waals surface area contributed by atoms with Crippen LogP contribution in [-0.4, -0.2) is 33.1 Å². The average Bonchev–Trinajstić information content (AvgIpc) is 3.25. The van der Waals surface area contributed by atoms with Gasteiger partial charge in [0.15, 0.2) is 17.3 Å². The number of allylic oxidation sites excluding steroid dienone is 2. The number of fused-ring (bicyclic) bond motifs is 1. The maximum Gasteiger partial charge on any atom is 0.248 e. The van der Waals surface area contributed by atoms with Gasteiger partial charge in [0.1, 0.15) is 12.6 Å². The zero-order valence-corrected chi connectivity index (χ0v) is 18.4. The summed E-state index contributed by atoms with van der Waals surface area (Å²) in [5, 5.41) is 15.2. The summed E-state index contributed by atoms with van der Waals surface area (Å²) in [7, 11) is 1.60. The van der Waals surface area contributed by atoms with E-state index in [2.05, 4.69) is 36.8 Å². The molecule has 1 aliphatic heterocycles. The normalized spacial score (nSPS) is 17.6. The van der Waals surface area contributed by atoms with Crippen LogP contribution < -0.4 is 14.8 Å². The van der Waals surface area contributed by atoms with Gasteiger partial charge in [-0.2, -0.15) is 4.68 Å². The molecule has 2 heterocycles. The minimum absolute atomic E-state index is 0.111. The highest BCUT2D eigenvalue weighted by atomic mass is 79.9. The van der Waals surface area contributed by atoms with Crippen molar-refractivity contribution in [3.8, 4) is 11.5 Å². The number of carbonyl (C=O) groups excluding carboxylic acids is 1. The molecule has 0 fully saturated rings. The van der Waals surface area contributed by atoms with E-state index in [4.69, 9.17) is 9.47 Å². The number of Topliss-reactive ketones (excluding diaryl/α,β-unsaturated/α-hetero) is 1. The van der Waals surface area contributed by atoms with Crippen molar-refractivity contribution in [2.75, 3.05) is 12.4 Å². The molecule has 1 aliphatic carbocycles. The molecule has 0 saturated carbocycles. The summed E-state index contributed by atoms with van der Waals surface area (Å²) in [4.78, 5) is 12.9. The molecule has 5 rings (SSSR count). The third-order valence-corrected chi connectivity index (χ3v) is 6.11. The number of nitrogens with zero attached hydrogens (tertiary/aromatic N) is 4. The van der Waals surface area contributed by atoms with E-state index >= 15 is 0 Å². The number of aromatic nitrogens is 4. The Hall–Kier alpha value is -3.20. The average molecular weight is 482 g/mol. The first-order valence-electron chi connectivity index (χ1n) is 10.0. The predicted octanol–water partition coefficient (Wildman–Crippen LogP) is 4.05. The van der Waals surface area contributed by atoms with Gasteiger partial charge in [0.05, 0.1) is 11.6 Å². The predicted molar refractivity (Wildman–Crippen MR) is 117 cm³/mol. The van der Waals surface area contributed by atoms with E-state index in [9.17, 15) is 4.79 Å². The zero-order chi connectivity index (χ0) is 21.4. The Morgan fingerprint density at radius 3 is 2.87 bits per heavy atom. The monoisotopic (exact) mass is 481 g/mol. The molecule has 0 spiro atoms. The Balaban J connectivity index is 1.55. The molecular weight excluding hydrogens is 462 g/mol. The number of tetrazole rings is 1. The van der Waals surface area contributed by atoms with Crippen molar-refractivity contribution < 1.29 is 14.3 Å². The minimum Gasteiger partial charge on any atom is -0.493 e. The smallest absolute Gasteiger partial charge is 0.248 e. The topological polar surface area (TPSA) is 91.2 Å². The van der Waals surface area contributed by atoms with Crippen LogP contribution in [0.2, 0.25) is 0 Å². The van der Waals surface area contributed by atoms with Gasteiger partial charge in [-0.05, 0) is 62.5 Å². The van der Waals surface area contributed by atoms with Crippen LogP contribution in [0.5, 0.6) is 11.5 Å². The van der Waals surface area contributed by atoms with Gasteiger partial charge >= 0.3 is 0 Å². The van der Waals surface area contributed by atoms with Crippen LogP contribution in [0.4, 0.5) is 5.95 Å². The van der Waals surface area contributed by atoms with E-state index in [1.807, 2.05) is 42.5 Å². The van der Waals surface area contributed by atoms with Crippen LogP contribution in [0.15, 0.2) is 58.2 Å². The standard InChI is InChI=1S/C22H20BrN5O3/c1-30-18-11-14(10-15(23)21(18)31-12-13-6-3-2-4-7-13)20-19-16(8-5-9-17(19)29)24-22-25-26-27-28(20)22/h2-4,6-7,10-11,20H,5,8-9,12H2,1H3,(H,24,25,27). The van der Waals surface area contributed by atoms with Crippen molar-refractivity contribution in [2.24, 2.45) is 0 Å². The van der Waals surface area contributed by atoms with Gasteiger partial charge in [-0.1, -0.05) is 35.4 Å². The molecule has 8 nitrogen and oxygen atoms in total. The van der Waals surface area contributed by atoms with Gasteiger partial charge < -0.3 is 14.8 Å². The van der Waals surface area contributed by atoms with Crippen molar-refractivity contribution in [1.82, 2.24) is 20.2 Å². The van der Waals surface area contributed by atoms with Crippen LogP contribution in [0.3, 0.4) is 0 Å². The molecule has 31 heavy (non-hydrogen) atoms. The van der Waals surface area contributed by atoms with Crippen LogP contribution in [0.25, 0.3) is 0 Å². The molecule has 1 atom stereocenters. The van der Waals surface area contributed by atoms with Gasteiger partial charge in [-0.3, -0.25) is 4.79 Å². The number of ketones is 1. The van der Waals surface area contributed by atoms with E-state index in [1.54, 1.807) is 11.8 Å². The van der Waals surface area contributed by atoms with Crippen molar-refractivity contribution >= 4 is 27.7 Å². The molecule has 0 saturated heterocycles. The van der Waals surface area contributed by atoms with E-state index in [0.29, 0.717) is 36.0 Å². The fourth-order valence-electron chi connectivity index (χ4n) is 4.09. The number of hydrogen-bond donors (Lipinski definition) is 1. The Bertz CT molecular complexity index is 1180. The van der Waals surface area contributed by atoms with Gasteiger partial charge in [0.2, 0.25) is 5.95 Å². The number of rotatable bonds is 5. The second-order valence-electron chi connectivity index (χ2n) is 7.45. The first kappa shape index (κ1) is 19.7. The second kappa shape index (κ2) is 8.14. The molecule has 1 aromatic heterocycles. The third kappa shape index (κ3) is 3.59. The Kier molecular flexibility index (Phi) is 5.19. The second-order valence-corrected chi connectivity index (χ2v) is 8.31. The third-order valence-electron chi connectivity index (χ3n) is 5.52. The highest BCUT2D eigenvalue weighted by Crippen LogP contribution is 2.44. The maximum atomic E-state index is 12.9. The Labute approximate surface area is 187 Å². The molecule has 1 N–H and O–H groups in total. The zero-order valence-electron chi connectivity index (χ0n) is 16.8. The van der Waals surface area contributed by atoms with Crippen LogP contribution in [0.1, 0.15) is 36.4 Å². The molecule has 2 aliphatic rings. The lowest BCUT2D eigenvalue weighted by Crippen LogP contribution is -2.31. The van der Waals surface area contributed by atoms with Crippen LogP contribution in [-0.2, 0) is 11.4 Å². The fraction of sp³-hybridized carbons (Fsp3) is 0.273. The Morgan fingerprint density at radius 1 is 1.23 bits per heavy atom. The summed E-state index contributed by atoms with van der Waals surface area (Å²) in [6, 6.07) is 13.3. The number of hydrogen-bond acceptors (Lipinski definition) is 7. The minimum atomic E-state index is -0.428. The van der Waals surface area contributed by atoms with E-state index in [0.717, 1.165) is 34.1 Å². The molecule has 0 bridgehead atoms. The molecule has 0 radical (unpaired) electrons. The fourth-order valence-corrected chi connectivity index (χ4v) is 4.67. The van der Waals surface area contributed by atoms with Gasteiger partial charge in [0, 0.05) is 17.7 Å². The number of methoxy groups -OCH3 is 1. The van der Waals surface area contributed by atoms with Crippen molar-refractivity contribution in [2.45, 2.75) is 31.9 Å². The first-order valence-corrected chi connectivity index (χ1v) is 10.8. The number of carbonyl (C=O) groups is 1. The number of anilines is 1. The van der Waals surface area contributed by atoms with Crippen LogP contribution in [0, 0.1) is 0 Å². The van der Waals surface area contributed by atoms with Gasteiger partial charge in [-0.25, -0.2) is 0 Å². The Morgan fingerprint density at radius 2 is 2.06 bits per heavy atom. The summed E-state index contributed by atoms with van der Waals surface area (Å²) in [6.07, 6.45) is 2.13. The molecule has 3 aromatic rings. The summed E-state index contributed by atoms with van der Waals surface area (Å²) < 4.78 is 14.1. The number of benzene rings is 2. The van der Waals surface area contributed by atoms with E-state index < -0.39 is 6.04 Å². The maximum absolute atomic E-state index is 12.9. The van der Waals surface area contributed by atoms with Gasteiger partial charge in [-0.15, -0.1) is 0 Å². The van der Waals surface area contributed by atoms with Crippen LogP contribution >= 0.6 is 15.9 Å². The first-order chi connectivity index (χ1) is 15.2. The van der Waals surface area contributed by atoms with Crippen molar-refractivity contribution in [3.05, 3.63) is 69.3 Å². The van der Waals surface area contributed by atoms with Crippen molar-refractivity contribution in [1.29, 1.82) is 0 Å². The van der Waals surface area contributed by atoms with E-state index in [1.165, 1.54) is 0 Å². The largest absolute Gasteiger partial charge is 0.493 e. The lowest BCUT2D eigenvalue weighted by molar-refractivity contribution is -0.116. The summed E-state index contributed by atoms with van der Waals surface area (Å²) in [6.45, 7) is 0.410. The quantitative estimate of drug-likeness (QED) is 0.587. The SMILES string of the molecule is COc1cc(C2C3=C(CCCC3=O)Nc3nnnn32)cc(Br)c1OCc1ccccc1. The number of nitrogens with one attached hydrogen (secondary N) is 1. The molecule has 9 heteroatoms. The lowest BCUT2D eigenvalue weighted by Gasteiger charge is -2.32. The molecule has 0 amide bonds. The summed E-state index contributed by atoms with van der Waals surface area (Å²) in [5.41, 5.74) is 3.49. The number of halogens is 1. The van der Waals surface area contributed by atoms with E-state index in [-0.39, 0.29) is 5.78 Å². The van der Waals surface area contributed by atoms with Crippen molar-refractivity contribution in [3.63, 3.8) is 0 Å². The molecular formula is C22H20BrN5O3. The highest BCUT2D eigenvalue weighted by Gasteiger charge is 2.37. The highest BCUT2D eigenvalue weighted by molar-refractivity contribution is 9.10.